The number of hydrogen-bond acceptors (Lipinski definition) is 4. The van der Waals surface area contributed by atoms with Gasteiger partial charge in [0.25, 0.3) is 5.91 Å². The number of aryl methyl sites for hydroxylation is 2. The third-order valence-electron chi connectivity index (χ3n) is 5.16. The molecule has 1 aliphatic carbocycles. The molecule has 0 spiro atoms. The molecular formula is C23H27F2N3O3. The van der Waals surface area contributed by atoms with Gasteiger partial charge in [0.05, 0.1) is 12.7 Å². The lowest BCUT2D eigenvalue weighted by atomic mass is 9.89. The van der Waals surface area contributed by atoms with Gasteiger partial charge in [0, 0.05) is 30.3 Å². The Morgan fingerprint density at radius 2 is 1.97 bits per heavy atom. The van der Waals surface area contributed by atoms with Crippen molar-refractivity contribution in [3.05, 3.63) is 71.1 Å². The summed E-state index contributed by atoms with van der Waals surface area (Å²) in [6.45, 7) is 2.12. The zero-order valence-electron chi connectivity index (χ0n) is 17.8. The van der Waals surface area contributed by atoms with Crippen LogP contribution < -0.4 is 5.32 Å². The van der Waals surface area contributed by atoms with Crippen molar-refractivity contribution >= 4 is 11.7 Å². The highest BCUT2D eigenvalue weighted by Gasteiger charge is 2.30. The monoisotopic (exact) mass is 431 g/mol. The maximum atomic E-state index is 13.0. The van der Waals surface area contributed by atoms with Gasteiger partial charge in [-0.25, -0.2) is 8.78 Å². The summed E-state index contributed by atoms with van der Waals surface area (Å²) in [5.74, 6) is -0.0543. The molecule has 1 aromatic heterocycles. The van der Waals surface area contributed by atoms with Gasteiger partial charge >= 0.3 is 0 Å². The summed E-state index contributed by atoms with van der Waals surface area (Å²) in [5, 5.41) is 7.01. The van der Waals surface area contributed by atoms with Crippen LogP contribution in [0, 0.1) is 12.8 Å². The summed E-state index contributed by atoms with van der Waals surface area (Å²) in [6.07, 6.45) is 1.43. The lowest BCUT2D eigenvalue weighted by Crippen LogP contribution is -2.32. The van der Waals surface area contributed by atoms with Crippen molar-refractivity contribution in [2.75, 3.05) is 18.7 Å². The van der Waals surface area contributed by atoms with E-state index in [-0.39, 0.29) is 17.6 Å². The molecule has 1 amide bonds. The fourth-order valence-electron chi connectivity index (χ4n) is 3.23. The maximum Gasteiger partial charge on any atom is 0.253 e. The van der Waals surface area contributed by atoms with Crippen LogP contribution in [0.15, 0.2) is 59.9 Å². The summed E-state index contributed by atoms with van der Waals surface area (Å²) < 4.78 is 39.1. The van der Waals surface area contributed by atoms with Crippen LogP contribution in [0.4, 0.5) is 14.6 Å². The number of nitrogens with one attached hydrogen (secondary N) is 1. The van der Waals surface area contributed by atoms with Crippen LogP contribution >= 0.6 is 0 Å². The van der Waals surface area contributed by atoms with Crippen molar-refractivity contribution in [2.24, 2.45) is 13.0 Å². The normalized spacial score (nSPS) is 18.5. The largest absolute Gasteiger partial charge is 0.485 e. The lowest BCUT2D eigenvalue weighted by Gasteiger charge is -2.29. The van der Waals surface area contributed by atoms with Gasteiger partial charge in [-0.15, -0.1) is 0 Å². The minimum absolute atomic E-state index is 0.207. The topological polar surface area (TPSA) is 65.4 Å². The van der Waals surface area contributed by atoms with Crippen LogP contribution in [0.1, 0.15) is 18.2 Å². The number of benzene rings is 1. The minimum Gasteiger partial charge on any atom is -0.485 e. The summed E-state index contributed by atoms with van der Waals surface area (Å²) in [5.41, 5.74) is 2.25. The van der Waals surface area contributed by atoms with Crippen LogP contribution in [-0.2, 0) is 27.9 Å². The van der Waals surface area contributed by atoms with E-state index >= 15 is 0 Å². The zero-order valence-corrected chi connectivity index (χ0v) is 17.8. The number of allylic oxidation sites excluding steroid dienone is 1. The molecule has 0 bridgehead atoms. The molecule has 1 aliphatic rings. The van der Waals surface area contributed by atoms with Gasteiger partial charge in [0.2, 0.25) is 0 Å². The van der Waals surface area contributed by atoms with Gasteiger partial charge in [0.1, 0.15) is 19.1 Å². The number of hydrogen-bond donors (Lipinski definition) is 1. The second-order valence-electron chi connectivity index (χ2n) is 7.52. The van der Waals surface area contributed by atoms with Gasteiger partial charge in [-0.3, -0.25) is 9.48 Å². The Hall–Kier alpha value is -3.00. The average Bonchev–Trinajstić information content (AvgIpc) is 3.09. The van der Waals surface area contributed by atoms with Gasteiger partial charge < -0.3 is 14.8 Å². The Bertz CT molecular complexity index is 933. The molecule has 31 heavy (non-hydrogen) atoms. The SMILES string of the molecule is Cc1cc(NC(=O)C2=CC(OC(CF)CF)=CC(OCc3ccccc3)C2C)nn1C. The number of halogens is 2. The van der Waals surface area contributed by atoms with Gasteiger partial charge in [-0.2, -0.15) is 5.10 Å². The fourth-order valence-corrected chi connectivity index (χ4v) is 3.23. The lowest BCUT2D eigenvalue weighted by molar-refractivity contribution is -0.114. The molecule has 2 unspecified atom stereocenters. The van der Waals surface area contributed by atoms with Crippen LogP contribution in [-0.4, -0.2) is 41.2 Å². The quantitative estimate of drug-likeness (QED) is 0.651. The zero-order chi connectivity index (χ0) is 22.4. The molecule has 2 aromatic rings. The van der Waals surface area contributed by atoms with Gasteiger partial charge in [-0.05, 0) is 24.6 Å². The summed E-state index contributed by atoms with van der Waals surface area (Å²) in [7, 11) is 1.78. The molecule has 3 rings (SSSR count). The molecule has 0 saturated heterocycles. The summed E-state index contributed by atoms with van der Waals surface area (Å²) >= 11 is 0. The molecule has 2 atom stereocenters. The summed E-state index contributed by atoms with van der Waals surface area (Å²) in [4.78, 5) is 13.0. The van der Waals surface area contributed by atoms with E-state index in [9.17, 15) is 13.6 Å². The van der Waals surface area contributed by atoms with Crippen LogP contribution in [0.2, 0.25) is 0 Å². The molecule has 0 fully saturated rings. The number of carbonyl (C=O) groups excluding carboxylic acids is 1. The number of amides is 1. The Morgan fingerprint density at radius 1 is 1.26 bits per heavy atom. The minimum atomic E-state index is -1.23. The molecule has 0 radical (unpaired) electrons. The van der Waals surface area contributed by atoms with Crippen molar-refractivity contribution < 1.29 is 23.0 Å². The van der Waals surface area contributed by atoms with E-state index in [4.69, 9.17) is 9.47 Å². The number of ether oxygens (including phenoxy) is 2. The second-order valence-corrected chi connectivity index (χ2v) is 7.52. The van der Waals surface area contributed by atoms with Gasteiger partial charge in [-0.1, -0.05) is 37.3 Å². The standard InChI is InChI=1S/C23H27F2N3O3/c1-15-9-22(27-28(15)3)26-23(29)20-10-18(31-19(12-24)13-25)11-21(16(20)2)30-14-17-7-5-4-6-8-17/h4-11,16,19,21H,12-14H2,1-3H3,(H,26,27,29). The number of anilines is 1. The van der Waals surface area contributed by atoms with E-state index < -0.39 is 25.6 Å². The summed E-state index contributed by atoms with van der Waals surface area (Å²) in [6, 6.07) is 11.4. The molecule has 1 heterocycles. The Kier molecular flexibility index (Phi) is 7.57. The third kappa shape index (κ3) is 5.79. The first-order valence-corrected chi connectivity index (χ1v) is 10.1. The van der Waals surface area contributed by atoms with E-state index in [0.717, 1.165) is 11.3 Å². The first-order chi connectivity index (χ1) is 14.9. The van der Waals surface area contributed by atoms with Gasteiger partial charge in [0.15, 0.2) is 11.9 Å². The molecule has 166 valence electrons. The predicted octanol–water partition coefficient (Wildman–Crippen LogP) is 4.04. The number of nitrogens with zero attached hydrogens (tertiary/aromatic N) is 2. The Morgan fingerprint density at radius 3 is 2.58 bits per heavy atom. The van der Waals surface area contributed by atoms with Crippen LogP contribution in [0.25, 0.3) is 0 Å². The van der Waals surface area contributed by atoms with Crippen LogP contribution in [0.3, 0.4) is 0 Å². The fraction of sp³-hybridized carbons (Fsp3) is 0.391. The highest BCUT2D eigenvalue weighted by atomic mass is 19.1. The highest BCUT2D eigenvalue weighted by Crippen LogP contribution is 2.29. The third-order valence-corrected chi connectivity index (χ3v) is 5.16. The average molecular weight is 431 g/mol. The molecule has 1 aromatic carbocycles. The van der Waals surface area contributed by atoms with E-state index in [2.05, 4.69) is 10.4 Å². The Labute approximate surface area is 180 Å². The number of aromatic nitrogens is 2. The molecule has 6 nitrogen and oxygen atoms in total. The predicted molar refractivity (Wildman–Crippen MR) is 114 cm³/mol. The second kappa shape index (κ2) is 10.3. The molecule has 8 heteroatoms. The van der Waals surface area contributed by atoms with Crippen molar-refractivity contribution in [1.29, 1.82) is 0 Å². The Balaban J connectivity index is 1.80. The van der Waals surface area contributed by atoms with E-state index in [1.165, 1.54) is 6.08 Å². The van der Waals surface area contributed by atoms with Crippen molar-refractivity contribution in [1.82, 2.24) is 9.78 Å². The molecular weight excluding hydrogens is 404 g/mol. The first-order valence-electron chi connectivity index (χ1n) is 10.1. The first kappa shape index (κ1) is 22.7. The molecule has 1 N–H and O–H groups in total. The number of rotatable bonds is 9. The van der Waals surface area contributed by atoms with E-state index in [1.807, 2.05) is 44.2 Å². The highest BCUT2D eigenvalue weighted by molar-refractivity contribution is 6.04. The van der Waals surface area contributed by atoms with Crippen molar-refractivity contribution in [3.63, 3.8) is 0 Å². The van der Waals surface area contributed by atoms with Crippen molar-refractivity contribution in [3.8, 4) is 0 Å². The van der Waals surface area contributed by atoms with Crippen LogP contribution in [0.5, 0.6) is 0 Å². The number of carbonyl (C=O) groups is 1. The maximum absolute atomic E-state index is 13.0. The molecule has 0 aliphatic heterocycles. The smallest absolute Gasteiger partial charge is 0.253 e. The molecule has 0 saturated carbocycles. The van der Waals surface area contributed by atoms with E-state index in [1.54, 1.807) is 23.9 Å². The van der Waals surface area contributed by atoms with Crippen molar-refractivity contribution in [2.45, 2.75) is 32.7 Å². The number of alkyl halides is 2. The van der Waals surface area contributed by atoms with E-state index in [0.29, 0.717) is 18.0 Å².